The number of imide groups is 2. The predicted octanol–water partition coefficient (Wildman–Crippen LogP) is 0.625. The number of benzene rings is 1. The Labute approximate surface area is 108 Å². The second kappa shape index (κ2) is 5.05. The van der Waals surface area contributed by atoms with Gasteiger partial charge in [0.15, 0.2) is 0 Å². The van der Waals surface area contributed by atoms with Gasteiger partial charge in [0.05, 0.1) is 6.54 Å². The van der Waals surface area contributed by atoms with Gasteiger partial charge in [0.2, 0.25) is 0 Å². The van der Waals surface area contributed by atoms with Crippen molar-refractivity contribution < 1.29 is 23.5 Å². The molecule has 0 saturated carbocycles. The Kier molecular flexibility index (Phi) is 3.46. The van der Waals surface area contributed by atoms with Crippen molar-refractivity contribution in [1.82, 2.24) is 9.80 Å². The molecule has 1 aliphatic heterocycles. The van der Waals surface area contributed by atoms with E-state index in [2.05, 4.69) is 0 Å². The minimum Gasteiger partial charge on any atom is -0.492 e. The molecule has 0 aromatic heterocycles. The van der Waals surface area contributed by atoms with E-state index in [9.17, 15) is 18.8 Å². The van der Waals surface area contributed by atoms with Crippen LogP contribution in [0.15, 0.2) is 24.3 Å². The van der Waals surface area contributed by atoms with Crippen LogP contribution in [0.2, 0.25) is 0 Å². The van der Waals surface area contributed by atoms with Crippen molar-refractivity contribution in [2.45, 2.75) is 0 Å². The lowest BCUT2D eigenvalue weighted by molar-refractivity contribution is -0.142. The summed E-state index contributed by atoms with van der Waals surface area (Å²) < 4.78 is 17.9. The van der Waals surface area contributed by atoms with Crippen LogP contribution in [-0.4, -0.2) is 47.8 Å². The maximum Gasteiger partial charge on any atom is 0.334 e. The highest BCUT2D eigenvalue weighted by Gasteiger charge is 2.41. The van der Waals surface area contributed by atoms with E-state index in [1.165, 1.54) is 31.3 Å². The first-order chi connectivity index (χ1) is 9.00. The van der Waals surface area contributed by atoms with E-state index >= 15 is 0 Å². The second-order valence-corrected chi connectivity index (χ2v) is 3.91. The van der Waals surface area contributed by atoms with Crippen LogP contribution in [0, 0.1) is 5.82 Å². The molecule has 6 nitrogen and oxygen atoms in total. The monoisotopic (exact) mass is 266 g/mol. The van der Waals surface area contributed by atoms with E-state index in [1.807, 2.05) is 0 Å². The number of amides is 4. The minimum atomic E-state index is -0.866. The third-order valence-corrected chi connectivity index (χ3v) is 2.65. The summed E-state index contributed by atoms with van der Waals surface area (Å²) in [6, 6.07) is 4.66. The van der Waals surface area contributed by atoms with Crippen molar-refractivity contribution in [1.29, 1.82) is 0 Å². The summed E-state index contributed by atoms with van der Waals surface area (Å²) in [5.74, 6) is -1.69. The molecule has 0 unspecified atom stereocenters. The molecule has 0 spiro atoms. The molecule has 0 aliphatic carbocycles. The number of ether oxygens (including phenoxy) is 1. The number of urea groups is 1. The molecule has 1 aromatic rings. The van der Waals surface area contributed by atoms with E-state index < -0.39 is 17.8 Å². The van der Waals surface area contributed by atoms with Crippen molar-refractivity contribution in [2.24, 2.45) is 0 Å². The van der Waals surface area contributed by atoms with Gasteiger partial charge in [-0.3, -0.25) is 19.4 Å². The molecular formula is C12H11FN2O4. The highest BCUT2D eigenvalue weighted by atomic mass is 19.1. The summed E-state index contributed by atoms with van der Waals surface area (Å²) in [7, 11) is 1.24. The highest BCUT2D eigenvalue weighted by molar-refractivity contribution is 6.44. The van der Waals surface area contributed by atoms with Gasteiger partial charge in [-0.2, -0.15) is 0 Å². The number of carbonyl (C=O) groups excluding carboxylic acids is 3. The summed E-state index contributed by atoms with van der Waals surface area (Å²) >= 11 is 0. The van der Waals surface area contributed by atoms with Gasteiger partial charge in [0.1, 0.15) is 18.2 Å². The molecule has 1 fully saturated rings. The summed E-state index contributed by atoms with van der Waals surface area (Å²) in [4.78, 5) is 35.7. The maximum atomic E-state index is 12.6. The third-order valence-electron chi connectivity index (χ3n) is 2.65. The Morgan fingerprint density at radius 3 is 2.26 bits per heavy atom. The van der Waals surface area contributed by atoms with Crippen molar-refractivity contribution in [3.05, 3.63) is 30.1 Å². The Hall–Kier alpha value is -2.44. The number of halogens is 1. The van der Waals surface area contributed by atoms with E-state index in [0.717, 1.165) is 9.80 Å². The summed E-state index contributed by atoms with van der Waals surface area (Å²) in [6.45, 7) is -0.00461. The van der Waals surface area contributed by atoms with Gasteiger partial charge in [0.25, 0.3) is 0 Å². The number of hydrogen-bond acceptors (Lipinski definition) is 4. The molecule has 1 aliphatic rings. The van der Waals surface area contributed by atoms with Gasteiger partial charge in [0, 0.05) is 7.05 Å². The molecule has 0 N–H and O–H groups in total. The molecule has 0 atom stereocenters. The van der Waals surface area contributed by atoms with E-state index in [0.29, 0.717) is 5.75 Å². The van der Waals surface area contributed by atoms with E-state index in [1.54, 1.807) is 0 Å². The number of hydrogen-bond donors (Lipinski definition) is 0. The molecule has 1 saturated heterocycles. The molecule has 7 heteroatoms. The van der Waals surface area contributed by atoms with Gasteiger partial charge < -0.3 is 4.74 Å². The van der Waals surface area contributed by atoms with Crippen molar-refractivity contribution >= 4 is 17.8 Å². The molecule has 100 valence electrons. The molecule has 19 heavy (non-hydrogen) atoms. The molecule has 1 heterocycles. The first-order valence-electron chi connectivity index (χ1n) is 5.52. The molecule has 1 aromatic carbocycles. The normalized spacial score (nSPS) is 15.4. The Morgan fingerprint density at radius 1 is 1.11 bits per heavy atom. The van der Waals surface area contributed by atoms with Crippen LogP contribution < -0.4 is 4.74 Å². The average molecular weight is 266 g/mol. The second-order valence-electron chi connectivity index (χ2n) is 3.91. The summed E-state index contributed by atoms with van der Waals surface area (Å²) in [5, 5.41) is 0. The summed E-state index contributed by atoms with van der Waals surface area (Å²) in [5.41, 5.74) is 0. The number of nitrogens with zero attached hydrogens (tertiary/aromatic N) is 2. The largest absolute Gasteiger partial charge is 0.492 e. The number of likely N-dealkylation sites (N-methyl/N-ethyl adjacent to an activating group) is 1. The third kappa shape index (κ3) is 2.54. The fourth-order valence-electron chi connectivity index (χ4n) is 1.60. The van der Waals surface area contributed by atoms with Crippen LogP contribution in [0.3, 0.4) is 0 Å². The van der Waals surface area contributed by atoms with Gasteiger partial charge in [-0.1, -0.05) is 0 Å². The maximum absolute atomic E-state index is 12.6. The van der Waals surface area contributed by atoms with Crippen LogP contribution in [0.5, 0.6) is 5.75 Å². The standard InChI is InChI=1S/C12H11FN2O4/c1-14-10(16)11(17)15(12(14)18)6-7-19-9-4-2-8(13)3-5-9/h2-5H,6-7H2,1H3. The van der Waals surface area contributed by atoms with Gasteiger partial charge in [-0.25, -0.2) is 9.18 Å². The lowest BCUT2D eigenvalue weighted by Gasteiger charge is -2.13. The van der Waals surface area contributed by atoms with Crippen LogP contribution in [0.4, 0.5) is 9.18 Å². The van der Waals surface area contributed by atoms with E-state index in [-0.39, 0.29) is 19.0 Å². The first kappa shape index (κ1) is 13.0. The van der Waals surface area contributed by atoms with Crippen LogP contribution in [0.1, 0.15) is 0 Å². The van der Waals surface area contributed by atoms with Gasteiger partial charge in [-0.15, -0.1) is 0 Å². The topological polar surface area (TPSA) is 66.9 Å². The van der Waals surface area contributed by atoms with Crippen LogP contribution >= 0.6 is 0 Å². The fourth-order valence-corrected chi connectivity index (χ4v) is 1.60. The number of carbonyl (C=O) groups is 3. The molecule has 4 amide bonds. The smallest absolute Gasteiger partial charge is 0.334 e. The van der Waals surface area contributed by atoms with Gasteiger partial charge >= 0.3 is 17.8 Å². The lowest BCUT2D eigenvalue weighted by Crippen LogP contribution is -2.35. The lowest BCUT2D eigenvalue weighted by atomic mass is 10.3. The number of rotatable bonds is 4. The highest BCUT2D eigenvalue weighted by Crippen LogP contribution is 2.12. The average Bonchev–Trinajstić information content (AvgIpc) is 2.58. The van der Waals surface area contributed by atoms with Crippen LogP contribution in [0.25, 0.3) is 0 Å². The first-order valence-corrected chi connectivity index (χ1v) is 5.52. The van der Waals surface area contributed by atoms with Crippen molar-refractivity contribution in [3.8, 4) is 5.75 Å². The Morgan fingerprint density at radius 2 is 1.74 bits per heavy atom. The van der Waals surface area contributed by atoms with Crippen molar-refractivity contribution in [2.75, 3.05) is 20.2 Å². The zero-order valence-corrected chi connectivity index (χ0v) is 10.1. The fraction of sp³-hybridized carbons (Fsp3) is 0.250. The summed E-state index contributed by atoms with van der Waals surface area (Å²) in [6.07, 6.45) is 0. The molecule has 2 rings (SSSR count). The predicted molar refractivity (Wildman–Crippen MR) is 61.8 cm³/mol. The molecular weight excluding hydrogens is 255 g/mol. The van der Waals surface area contributed by atoms with E-state index in [4.69, 9.17) is 4.74 Å². The zero-order valence-electron chi connectivity index (χ0n) is 10.1. The molecule has 0 bridgehead atoms. The van der Waals surface area contributed by atoms with Gasteiger partial charge in [-0.05, 0) is 24.3 Å². The molecule has 0 radical (unpaired) electrons. The quantitative estimate of drug-likeness (QED) is 0.592. The van der Waals surface area contributed by atoms with Crippen LogP contribution in [-0.2, 0) is 9.59 Å². The minimum absolute atomic E-state index is 0.0320. The zero-order chi connectivity index (χ0) is 14.0. The Balaban J connectivity index is 1.89. The Bertz CT molecular complexity index is 529. The SMILES string of the molecule is CN1C(=O)C(=O)N(CCOc2ccc(F)cc2)C1=O. The van der Waals surface area contributed by atoms with Crippen molar-refractivity contribution in [3.63, 3.8) is 0 Å².